The van der Waals surface area contributed by atoms with E-state index in [2.05, 4.69) is 5.32 Å². The van der Waals surface area contributed by atoms with Crippen molar-refractivity contribution in [3.63, 3.8) is 0 Å². The standard InChI is InChI=1S/C14H20N2O.ClH/c15-13(10-11-6-4-5-7-11)14(17)16-12-8-2-1-3-9-12;/h1-3,8-9,11,13H,4-7,10,15H2,(H,16,17);1H/t13-;/m0./s1. The molecule has 100 valence electrons. The molecule has 2 rings (SSSR count). The van der Waals surface area contributed by atoms with Crippen molar-refractivity contribution < 1.29 is 4.79 Å². The molecule has 18 heavy (non-hydrogen) atoms. The minimum Gasteiger partial charge on any atom is -0.325 e. The van der Waals surface area contributed by atoms with Crippen LogP contribution in [0, 0.1) is 5.92 Å². The molecule has 1 aromatic carbocycles. The molecule has 0 aliphatic heterocycles. The molecule has 1 amide bonds. The maximum Gasteiger partial charge on any atom is 0.241 e. The summed E-state index contributed by atoms with van der Waals surface area (Å²) in [6.45, 7) is 0. The number of carbonyl (C=O) groups is 1. The second kappa shape index (κ2) is 7.39. The van der Waals surface area contributed by atoms with E-state index in [1.54, 1.807) is 0 Å². The molecular weight excluding hydrogens is 248 g/mol. The first-order valence-corrected chi connectivity index (χ1v) is 6.37. The first kappa shape index (κ1) is 15.0. The van der Waals surface area contributed by atoms with Gasteiger partial charge in [0.15, 0.2) is 0 Å². The van der Waals surface area contributed by atoms with Gasteiger partial charge in [-0.25, -0.2) is 0 Å². The van der Waals surface area contributed by atoms with Crippen molar-refractivity contribution in [1.29, 1.82) is 0 Å². The Labute approximate surface area is 115 Å². The highest BCUT2D eigenvalue weighted by Crippen LogP contribution is 2.28. The minimum absolute atomic E-state index is 0. The minimum atomic E-state index is -0.377. The van der Waals surface area contributed by atoms with E-state index >= 15 is 0 Å². The second-order valence-corrected chi connectivity index (χ2v) is 4.85. The average Bonchev–Trinajstić information content (AvgIpc) is 2.83. The van der Waals surface area contributed by atoms with E-state index < -0.39 is 0 Å². The van der Waals surface area contributed by atoms with E-state index in [0.717, 1.165) is 12.1 Å². The van der Waals surface area contributed by atoms with Gasteiger partial charge in [0.1, 0.15) is 0 Å². The van der Waals surface area contributed by atoms with Crippen LogP contribution in [-0.2, 0) is 4.79 Å². The summed E-state index contributed by atoms with van der Waals surface area (Å²) in [5.41, 5.74) is 6.75. The van der Waals surface area contributed by atoms with Crippen molar-refractivity contribution in [2.75, 3.05) is 5.32 Å². The van der Waals surface area contributed by atoms with Crippen LogP contribution in [0.5, 0.6) is 0 Å². The molecule has 1 aliphatic rings. The largest absolute Gasteiger partial charge is 0.325 e. The van der Waals surface area contributed by atoms with Crippen molar-refractivity contribution in [1.82, 2.24) is 0 Å². The first-order valence-electron chi connectivity index (χ1n) is 6.37. The highest BCUT2D eigenvalue weighted by molar-refractivity contribution is 5.94. The van der Waals surface area contributed by atoms with Crippen LogP contribution in [-0.4, -0.2) is 11.9 Å². The summed E-state index contributed by atoms with van der Waals surface area (Å²) in [5.74, 6) is 0.578. The predicted octanol–water partition coefficient (Wildman–Crippen LogP) is 2.95. The van der Waals surface area contributed by atoms with Gasteiger partial charge in [0, 0.05) is 5.69 Å². The molecule has 1 aromatic rings. The molecule has 3 nitrogen and oxygen atoms in total. The quantitative estimate of drug-likeness (QED) is 0.882. The van der Waals surface area contributed by atoms with Crippen molar-refractivity contribution in [2.24, 2.45) is 11.7 Å². The van der Waals surface area contributed by atoms with E-state index in [1.807, 2.05) is 30.3 Å². The van der Waals surface area contributed by atoms with Crippen LogP contribution < -0.4 is 11.1 Å². The van der Waals surface area contributed by atoms with Gasteiger partial charge in [-0.2, -0.15) is 0 Å². The highest BCUT2D eigenvalue weighted by Gasteiger charge is 2.22. The summed E-state index contributed by atoms with van der Waals surface area (Å²) < 4.78 is 0. The predicted molar refractivity (Wildman–Crippen MR) is 76.9 cm³/mol. The normalized spacial score (nSPS) is 16.9. The Morgan fingerprint density at radius 1 is 1.28 bits per heavy atom. The Morgan fingerprint density at radius 2 is 1.89 bits per heavy atom. The zero-order valence-corrected chi connectivity index (χ0v) is 11.3. The summed E-state index contributed by atoms with van der Waals surface area (Å²) in [6.07, 6.45) is 5.85. The van der Waals surface area contributed by atoms with Crippen molar-refractivity contribution >= 4 is 24.0 Å². The Balaban J connectivity index is 0.00000162. The van der Waals surface area contributed by atoms with Crippen molar-refractivity contribution in [3.8, 4) is 0 Å². The molecule has 1 atom stereocenters. The molecule has 0 bridgehead atoms. The fourth-order valence-electron chi connectivity index (χ4n) is 2.47. The lowest BCUT2D eigenvalue weighted by molar-refractivity contribution is -0.117. The summed E-state index contributed by atoms with van der Waals surface area (Å²) in [6, 6.07) is 9.10. The lowest BCUT2D eigenvalue weighted by Crippen LogP contribution is -2.37. The summed E-state index contributed by atoms with van der Waals surface area (Å²) in [4.78, 5) is 11.9. The Kier molecular flexibility index (Phi) is 6.16. The van der Waals surface area contributed by atoms with Crippen LogP contribution in [0.4, 0.5) is 5.69 Å². The lowest BCUT2D eigenvalue weighted by atomic mass is 9.98. The third-order valence-electron chi connectivity index (χ3n) is 3.44. The Bertz CT molecular complexity index is 363. The zero-order valence-electron chi connectivity index (χ0n) is 10.5. The molecule has 0 spiro atoms. The van der Waals surface area contributed by atoms with Crippen molar-refractivity contribution in [3.05, 3.63) is 30.3 Å². The van der Waals surface area contributed by atoms with Gasteiger partial charge in [-0.3, -0.25) is 4.79 Å². The smallest absolute Gasteiger partial charge is 0.241 e. The number of carbonyl (C=O) groups excluding carboxylic acids is 1. The third kappa shape index (κ3) is 4.31. The van der Waals surface area contributed by atoms with Crippen LogP contribution in [0.2, 0.25) is 0 Å². The summed E-state index contributed by atoms with van der Waals surface area (Å²) in [5, 5.41) is 2.85. The third-order valence-corrected chi connectivity index (χ3v) is 3.44. The van der Waals surface area contributed by atoms with E-state index in [9.17, 15) is 4.79 Å². The number of rotatable bonds is 4. The van der Waals surface area contributed by atoms with Gasteiger partial charge in [0.2, 0.25) is 5.91 Å². The lowest BCUT2D eigenvalue weighted by Gasteiger charge is -2.16. The number of halogens is 1. The monoisotopic (exact) mass is 268 g/mol. The van der Waals surface area contributed by atoms with Gasteiger partial charge in [0.05, 0.1) is 6.04 Å². The molecule has 3 N–H and O–H groups in total. The Hall–Kier alpha value is -1.06. The molecule has 0 heterocycles. The van der Waals surface area contributed by atoms with Crippen LogP contribution in [0.15, 0.2) is 30.3 Å². The fraction of sp³-hybridized carbons (Fsp3) is 0.500. The number of para-hydroxylation sites is 1. The Morgan fingerprint density at radius 3 is 2.50 bits per heavy atom. The van der Waals surface area contributed by atoms with Crippen LogP contribution in [0.3, 0.4) is 0 Å². The average molecular weight is 269 g/mol. The van der Waals surface area contributed by atoms with E-state index in [1.165, 1.54) is 25.7 Å². The number of anilines is 1. The van der Waals surface area contributed by atoms with Gasteiger partial charge in [-0.1, -0.05) is 43.9 Å². The molecule has 0 radical (unpaired) electrons. The maximum atomic E-state index is 11.9. The van der Waals surface area contributed by atoms with Gasteiger partial charge in [-0.15, -0.1) is 12.4 Å². The van der Waals surface area contributed by atoms with Gasteiger partial charge in [0.25, 0.3) is 0 Å². The molecule has 1 saturated carbocycles. The highest BCUT2D eigenvalue weighted by atomic mass is 35.5. The number of benzene rings is 1. The van der Waals surface area contributed by atoms with Crippen LogP contribution >= 0.6 is 12.4 Å². The van der Waals surface area contributed by atoms with E-state index in [4.69, 9.17) is 5.73 Å². The van der Waals surface area contributed by atoms with E-state index in [0.29, 0.717) is 5.92 Å². The van der Waals surface area contributed by atoms with E-state index in [-0.39, 0.29) is 24.4 Å². The summed E-state index contributed by atoms with van der Waals surface area (Å²) in [7, 11) is 0. The SMILES string of the molecule is Cl.N[C@@H](CC1CCCC1)C(=O)Nc1ccccc1. The number of nitrogens with one attached hydrogen (secondary N) is 1. The zero-order chi connectivity index (χ0) is 12.1. The molecule has 0 aromatic heterocycles. The molecule has 0 unspecified atom stereocenters. The molecular formula is C14H21ClN2O. The molecule has 4 heteroatoms. The molecule has 0 saturated heterocycles. The maximum absolute atomic E-state index is 11.9. The number of amides is 1. The topological polar surface area (TPSA) is 55.1 Å². The number of hydrogen-bond acceptors (Lipinski definition) is 2. The number of nitrogens with two attached hydrogens (primary N) is 1. The van der Waals surface area contributed by atoms with Crippen molar-refractivity contribution in [2.45, 2.75) is 38.1 Å². The fourth-order valence-corrected chi connectivity index (χ4v) is 2.47. The van der Waals surface area contributed by atoms with Gasteiger partial charge < -0.3 is 11.1 Å². The van der Waals surface area contributed by atoms with Gasteiger partial charge >= 0.3 is 0 Å². The van der Waals surface area contributed by atoms with Crippen LogP contribution in [0.25, 0.3) is 0 Å². The van der Waals surface area contributed by atoms with Gasteiger partial charge in [-0.05, 0) is 24.5 Å². The number of hydrogen-bond donors (Lipinski definition) is 2. The molecule has 1 fully saturated rings. The summed E-state index contributed by atoms with van der Waals surface area (Å²) >= 11 is 0. The van der Waals surface area contributed by atoms with Crippen LogP contribution in [0.1, 0.15) is 32.1 Å². The molecule has 1 aliphatic carbocycles. The second-order valence-electron chi connectivity index (χ2n) is 4.85. The first-order chi connectivity index (χ1) is 8.25.